The SMILES string of the molecule is CC(=O)N[C@H]1[C@@H](O[C@H]2[C@@H](O)[C@@H](COP(=O)(O)O)O[C@@H](OC[C@H](O)[C@H](O)[C@H](O)CO)[C@@H]2NC(C)=O)O[C@H](COP(=O)(O)O)[C@H](O[C@@H]2O[C@H](C)[C@H](N)[C@H](O[C@@H]3O[C@H](CO)[C@@H](O)[C@H](O)[C@H]3O)[C@H]2NC(C)=O)[C@@H]1O. The molecule has 0 aliphatic carbocycles. The third kappa shape index (κ3) is 16.2. The third-order valence-corrected chi connectivity index (χ3v) is 12.3. The van der Waals surface area contributed by atoms with Crippen LogP contribution in [-0.2, 0) is 70.5 Å². The second-order valence-corrected chi connectivity index (χ2v) is 19.2. The molecule has 0 radical (unpaired) electrons. The fourth-order valence-corrected chi connectivity index (χ4v) is 8.52. The van der Waals surface area contributed by atoms with Crippen LogP contribution in [0.1, 0.15) is 27.7 Å². The van der Waals surface area contributed by atoms with Crippen molar-refractivity contribution in [1.82, 2.24) is 16.0 Å². The summed E-state index contributed by atoms with van der Waals surface area (Å²) in [5.74, 6) is -2.60. The lowest BCUT2D eigenvalue weighted by Gasteiger charge is -2.51. The fourth-order valence-electron chi connectivity index (χ4n) is 7.84. The molecule has 0 bridgehead atoms. The molecule has 0 unspecified atom stereocenters. The molecule has 23 atom stereocenters. The molecule has 4 heterocycles. The van der Waals surface area contributed by atoms with Crippen LogP contribution in [0, 0.1) is 0 Å². The van der Waals surface area contributed by atoms with Gasteiger partial charge in [-0.15, -0.1) is 0 Å². The number of phosphoric ester groups is 2. The lowest BCUT2D eigenvalue weighted by molar-refractivity contribution is -0.355. The Morgan fingerprint density at radius 1 is 0.586 bits per heavy atom. The van der Waals surface area contributed by atoms with E-state index in [0.29, 0.717) is 0 Å². The molecule has 35 heteroatoms. The zero-order valence-electron chi connectivity index (χ0n) is 37.7. The number of nitrogens with two attached hydrogens (primary N) is 1. The van der Waals surface area contributed by atoms with Crippen molar-refractivity contribution in [1.29, 1.82) is 0 Å². The quantitative estimate of drug-likeness (QED) is 0.0448. The maximum Gasteiger partial charge on any atom is 0.469 e. The highest BCUT2D eigenvalue weighted by Gasteiger charge is 2.56. The van der Waals surface area contributed by atoms with Gasteiger partial charge >= 0.3 is 15.6 Å². The van der Waals surface area contributed by atoms with Gasteiger partial charge < -0.3 is 130 Å². The van der Waals surface area contributed by atoms with Crippen LogP contribution in [0.25, 0.3) is 0 Å². The maximum atomic E-state index is 12.8. The van der Waals surface area contributed by atoms with Crippen LogP contribution in [0.5, 0.6) is 0 Å². The van der Waals surface area contributed by atoms with E-state index in [2.05, 4.69) is 20.5 Å². The largest absolute Gasteiger partial charge is 0.469 e. The predicted molar refractivity (Wildman–Crippen MR) is 220 cm³/mol. The molecular formula is C35H64N4O29P2. The number of aliphatic hydroxyl groups excluding tert-OH is 10. The Labute approximate surface area is 397 Å². The van der Waals surface area contributed by atoms with Crippen LogP contribution >= 0.6 is 15.6 Å². The van der Waals surface area contributed by atoms with Gasteiger partial charge in [-0.1, -0.05) is 0 Å². The molecule has 70 heavy (non-hydrogen) atoms. The van der Waals surface area contributed by atoms with Crippen molar-refractivity contribution >= 4 is 33.4 Å². The number of hydrogen-bond acceptors (Lipinski definition) is 26. The van der Waals surface area contributed by atoms with Gasteiger partial charge in [-0.05, 0) is 6.92 Å². The van der Waals surface area contributed by atoms with Crippen molar-refractivity contribution in [3.8, 4) is 0 Å². The molecule has 19 N–H and O–H groups in total. The highest BCUT2D eigenvalue weighted by atomic mass is 31.2. The summed E-state index contributed by atoms with van der Waals surface area (Å²) in [5.41, 5.74) is 6.43. The average molecular weight is 1070 g/mol. The van der Waals surface area contributed by atoms with E-state index in [-0.39, 0.29) is 0 Å². The molecule has 0 aromatic heterocycles. The minimum atomic E-state index is -5.43. The highest BCUT2D eigenvalue weighted by molar-refractivity contribution is 7.46. The van der Waals surface area contributed by atoms with Crippen molar-refractivity contribution in [2.75, 3.05) is 33.0 Å². The minimum Gasteiger partial charge on any atom is -0.394 e. The number of rotatable bonds is 22. The molecule has 0 saturated carbocycles. The highest BCUT2D eigenvalue weighted by Crippen LogP contribution is 2.40. The minimum absolute atomic E-state index is 0.790. The zero-order valence-corrected chi connectivity index (χ0v) is 39.5. The summed E-state index contributed by atoms with van der Waals surface area (Å²) in [6, 6.07) is -6.52. The Balaban J connectivity index is 1.76. The summed E-state index contributed by atoms with van der Waals surface area (Å²) in [7, 11) is -10.8. The van der Waals surface area contributed by atoms with Gasteiger partial charge in [-0.25, -0.2) is 9.13 Å². The average Bonchev–Trinajstić information content (AvgIpc) is 3.26. The number of phosphoric acid groups is 2. The molecule has 0 aromatic rings. The molecule has 3 amide bonds. The monoisotopic (exact) mass is 1070 g/mol. The summed E-state index contributed by atoms with van der Waals surface area (Å²) in [5, 5.41) is 112. The van der Waals surface area contributed by atoms with Gasteiger partial charge in [0, 0.05) is 20.8 Å². The van der Waals surface area contributed by atoms with Crippen LogP contribution in [0.4, 0.5) is 0 Å². The smallest absolute Gasteiger partial charge is 0.394 e. The van der Waals surface area contributed by atoms with Gasteiger partial charge in [0.1, 0.15) is 104 Å². The summed E-state index contributed by atoms with van der Waals surface area (Å²) >= 11 is 0. The Morgan fingerprint density at radius 2 is 1.06 bits per heavy atom. The summed E-state index contributed by atoms with van der Waals surface area (Å²) in [6.07, 6.45) is -35.7. The van der Waals surface area contributed by atoms with E-state index in [4.69, 9.17) is 48.2 Å². The van der Waals surface area contributed by atoms with Crippen LogP contribution in [-0.4, -0.2) is 262 Å². The van der Waals surface area contributed by atoms with Crippen molar-refractivity contribution in [2.24, 2.45) is 5.73 Å². The first kappa shape index (κ1) is 60.4. The van der Waals surface area contributed by atoms with E-state index in [1.54, 1.807) is 0 Å². The van der Waals surface area contributed by atoms with Gasteiger partial charge in [0.25, 0.3) is 0 Å². The molecule has 4 aliphatic heterocycles. The Kier molecular flexibility index (Phi) is 22.3. The second-order valence-electron chi connectivity index (χ2n) is 16.7. The summed E-state index contributed by atoms with van der Waals surface area (Å²) < 4.78 is 80.0. The van der Waals surface area contributed by atoms with Crippen LogP contribution < -0.4 is 21.7 Å². The first-order valence-corrected chi connectivity index (χ1v) is 24.4. The molecule has 0 aromatic carbocycles. The molecule has 33 nitrogen and oxygen atoms in total. The van der Waals surface area contributed by atoms with Crippen molar-refractivity contribution in [2.45, 2.75) is 169 Å². The molecule has 4 fully saturated rings. The summed E-state index contributed by atoms with van der Waals surface area (Å²) in [6.45, 7) is -0.829. The molecule has 4 aliphatic rings. The number of carbonyl (C=O) groups excluding carboxylic acids is 3. The molecule has 0 spiro atoms. The van der Waals surface area contributed by atoms with Gasteiger partial charge in [-0.2, -0.15) is 0 Å². The van der Waals surface area contributed by atoms with E-state index >= 15 is 0 Å². The van der Waals surface area contributed by atoms with E-state index < -0.39 is 207 Å². The van der Waals surface area contributed by atoms with E-state index in [1.807, 2.05) is 0 Å². The lowest BCUT2D eigenvalue weighted by Crippen LogP contribution is -2.72. The van der Waals surface area contributed by atoms with Gasteiger partial charge in [0.2, 0.25) is 17.7 Å². The number of amides is 3. The normalized spacial score (nSPS) is 39.9. The predicted octanol–water partition coefficient (Wildman–Crippen LogP) is -9.99. The van der Waals surface area contributed by atoms with Gasteiger partial charge in [0.15, 0.2) is 25.2 Å². The number of ether oxygens (including phenoxy) is 8. The third-order valence-electron chi connectivity index (χ3n) is 11.3. The molecule has 4 rings (SSSR count). The number of hydrogen-bond donors (Lipinski definition) is 18. The molecule has 4 saturated heterocycles. The lowest BCUT2D eigenvalue weighted by atomic mass is 9.92. The maximum absolute atomic E-state index is 12.8. The van der Waals surface area contributed by atoms with E-state index in [1.165, 1.54) is 6.92 Å². The Hall–Kier alpha value is -2.13. The van der Waals surface area contributed by atoms with Crippen LogP contribution in [0.3, 0.4) is 0 Å². The Morgan fingerprint density at radius 3 is 1.59 bits per heavy atom. The van der Waals surface area contributed by atoms with Crippen molar-refractivity contribution < 1.29 is 141 Å². The van der Waals surface area contributed by atoms with Crippen molar-refractivity contribution in [3.63, 3.8) is 0 Å². The van der Waals surface area contributed by atoms with Gasteiger partial charge in [0.05, 0.1) is 45.2 Å². The zero-order chi connectivity index (χ0) is 52.7. The van der Waals surface area contributed by atoms with Gasteiger partial charge in [-0.3, -0.25) is 23.4 Å². The Bertz CT molecular complexity index is 1800. The molecule has 408 valence electrons. The summed E-state index contributed by atoms with van der Waals surface area (Å²) in [4.78, 5) is 76.4. The standard InChI is InChI=1S/C35H64N4O29P2/c1-10-19(36)30(67-35-28(52)27(51)24(48)16(6-41)63-35)21(38-12(3)43)34(62-10)66-29-18(9-61-70(56,57)58)65-33(20(26(29)50)37-11(2)42)68-31-22(39-13(4)44)32(59-7-15(46)23(47)14(45)5-40)64-17(25(31)49)8-60-69(53,54)55/h10,14-35,40-41,45-52H,5-9,36H2,1-4H3,(H,37,42)(H,38,43)(H,39,44)(H2,53,54,55)(H2,56,57,58)/t10-,14-,15+,16-,17-,18-,19+,20-,21-,22-,23-,24-,25+,26-,27+,28-,29+,30+,31-,32-,33-,34+,35+/m1/s1. The topological polar surface area (TPSA) is 523 Å². The first-order chi connectivity index (χ1) is 32.5. The molecular weight excluding hydrogens is 1000 g/mol. The second kappa shape index (κ2) is 25.9. The van der Waals surface area contributed by atoms with E-state index in [0.717, 1.165) is 20.8 Å². The first-order valence-electron chi connectivity index (χ1n) is 21.3. The van der Waals surface area contributed by atoms with Crippen molar-refractivity contribution in [3.05, 3.63) is 0 Å². The van der Waals surface area contributed by atoms with Crippen LogP contribution in [0.2, 0.25) is 0 Å². The number of carbonyl (C=O) groups is 3. The number of nitrogens with one attached hydrogen (secondary N) is 3. The number of aliphatic hydroxyl groups is 10. The van der Waals surface area contributed by atoms with Crippen LogP contribution in [0.15, 0.2) is 0 Å². The van der Waals surface area contributed by atoms with E-state index in [9.17, 15) is 94.2 Å². The fraction of sp³-hybridized carbons (Fsp3) is 0.914.